The SMILES string of the molecule is Cc1ccc2nc(-c3cnn(C(C)C)c3)cc(C(=O)N(C)CC(C)C)c2c1. The maximum absolute atomic E-state index is 13.2. The molecule has 2 aromatic heterocycles. The average molecular weight is 364 g/mol. The topological polar surface area (TPSA) is 51.0 Å². The molecule has 0 spiro atoms. The maximum Gasteiger partial charge on any atom is 0.254 e. The zero-order chi connectivity index (χ0) is 19.7. The standard InChI is InChI=1S/C22H28N4O/c1-14(2)12-25(6)22(27)19-10-21(17-11-23-26(13-17)15(3)4)24-20-8-7-16(5)9-18(19)20/h7-11,13-15H,12H2,1-6H3. The van der Waals surface area contributed by atoms with Crippen molar-refractivity contribution >= 4 is 16.8 Å². The fourth-order valence-electron chi connectivity index (χ4n) is 3.25. The molecule has 142 valence electrons. The van der Waals surface area contributed by atoms with Crippen molar-refractivity contribution < 1.29 is 4.79 Å². The maximum atomic E-state index is 13.2. The Labute approximate surface area is 161 Å². The highest BCUT2D eigenvalue weighted by molar-refractivity contribution is 6.07. The molecule has 27 heavy (non-hydrogen) atoms. The first kappa shape index (κ1) is 19.1. The van der Waals surface area contributed by atoms with E-state index in [9.17, 15) is 4.79 Å². The first-order valence-electron chi connectivity index (χ1n) is 9.47. The molecule has 0 bridgehead atoms. The third kappa shape index (κ3) is 4.02. The fraction of sp³-hybridized carbons (Fsp3) is 0.409. The summed E-state index contributed by atoms with van der Waals surface area (Å²) in [5.41, 5.74) is 4.34. The van der Waals surface area contributed by atoms with Crippen LogP contribution in [-0.2, 0) is 0 Å². The number of hydrogen-bond acceptors (Lipinski definition) is 3. The summed E-state index contributed by atoms with van der Waals surface area (Å²) in [6.45, 7) is 11.2. The molecular formula is C22H28N4O. The molecule has 2 heterocycles. The Bertz CT molecular complexity index is 972. The van der Waals surface area contributed by atoms with E-state index < -0.39 is 0 Å². The van der Waals surface area contributed by atoms with Crippen LogP contribution in [-0.4, -0.2) is 39.2 Å². The number of nitrogens with zero attached hydrogens (tertiary/aromatic N) is 4. The molecule has 0 saturated carbocycles. The van der Waals surface area contributed by atoms with Crippen molar-refractivity contribution in [3.8, 4) is 11.3 Å². The summed E-state index contributed by atoms with van der Waals surface area (Å²) < 4.78 is 1.91. The minimum atomic E-state index is 0.0270. The van der Waals surface area contributed by atoms with E-state index in [1.165, 1.54) is 0 Å². The molecule has 1 amide bonds. The number of aryl methyl sites for hydroxylation is 1. The summed E-state index contributed by atoms with van der Waals surface area (Å²) in [7, 11) is 1.86. The van der Waals surface area contributed by atoms with Gasteiger partial charge in [-0.15, -0.1) is 0 Å². The van der Waals surface area contributed by atoms with Crippen molar-refractivity contribution in [3.05, 3.63) is 47.8 Å². The molecule has 1 aromatic carbocycles. The van der Waals surface area contributed by atoms with E-state index in [-0.39, 0.29) is 11.9 Å². The van der Waals surface area contributed by atoms with Crippen molar-refractivity contribution in [2.75, 3.05) is 13.6 Å². The summed E-state index contributed by atoms with van der Waals surface area (Å²) in [4.78, 5) is 19.8. The van der Waals surface area contributed by atoms with Crippen LogP contribution >= 0.6 is 0 Å². The highest BCUT2D eigenvalue weighted by Crippen LogP contribution is 2.27. The Morgan fingerprint density at radius 1 is 1.19 bits per heavy atom. The fourth-order valence-corrected chi connectivity index (χ4v) is 3.25. The third-order valence-corrected chi connectivity index (χ3v) is 4.61. The number of rotatable bonds is 5. The lowest BCUT2D eigenvalue weighted by atomic mass is 10.0. The monoisotopic (exact) mass is 364 g/mol. The quantitative estimate of drug-likeness (QED) is 0.658. The van der Waals surface area contributed by atoms with Gasteiger partial charge in [-0.25, -0.2) is 4.98 Å². The third-order valence-electron chi connectivity index (χ3n) is 4.61. The molecule has 0 aliphatic rings. The summed E-state index contributed by atoms with van der Waals surface area (Å²) in [6.07, 6.45) is 3.80. The van der Waals surface area contributed by atoms with Crippen molar-refractivity contribution in [1.82, 2.24) is 19.7 Å². The second-order valence-electron chi connectivity index (χ2n) is 7.96. The highest BCUT2D eigenvalue weighted by Gasteiger charge is 2.19. The molecule has 0 radical (unpaired) electrons. The molecule has 0 fully saturated rings. The van der Waals surface area contributed by atoms with Crippen LogP contribution in [0.4, 0.5) is 0 Å². The summed E-state index contributed by atoms with van der Waals surface area (Å²) in [5, 5.41) is 5.32. The molecular weight excluding hydrogens is 336 g/mol. The number of carbonyl (C=O) groups is 1. The number of pyridine rings is 1. The minimum Gasteiger partial charge on any atom is -0.341 e. The molecule has 0 aliphatic carbocycles. The number of fused-ring (bicyclic) bond motifs is 1. The predicted molar refractivity (Wildman–Crippen MR) is 110 cm³/mol. The molecule has 0 unspecified atom stereocenters. The van der Waals surface area contributed by atoms with Gasteiger partial charge in [-0.3, -0.25) is 9.48 Å². The molecule has 0 saturated heterocycles. The van der Waals surface area contributed by atoms with Crippen molar-refractivity contribution in [3.63, 3.8) is 0 Å². The lowest BCUT2D eigenvalue weighted by Crippen LogP contribution is -2.30. The van der Waals surface area contributed by atoms with Crippen LogP contribution in [0.15, 0.2) is 36.7 Å². The summed E-state index contributed by atoms with van der Waals surface area (Å²) in [6, 6.07) is 8.24. The smallest absolute Gasteiger partial charge is 0.254 e. The van der Waals surface area contributed by atoms with Gasteiger partial charge in [0.15, 0.2) is 0 Å². The molecule has 5 heteroatoms. The first-order chi connectivity index (χ1) is 12.8. The second kappa shape index (κ2) is 7.51. The highest BCUT2D eigenvalue weighted by atomic mass is 16.2. The van der Waals surface area contributed by atoms with Gasteiger partial charge in [0.05, 0.1) is 23.0 Å². The number of hydrogen-bond donors (Lipinski definition) is 0. The van der Waals surface area contributed by atoms with E-state index in [0.717, 1.165) is 34.3 Å². The lowest BCUT2D eigenvalue weighted by Gasteiger charge is -2.20. The van der Waals surface area contributed by atoms with Crippen LogP contribution in [0.1, 0.15) is 49.7 Å². The number of aromatic nitrogens is 3. The Kier molecular flexibility index (Phi) is 5.31. The van der Waals surface area contributed by atoms with E-state index in [2.05, 4.69) is 32.8 Å². The number of benzene rings is 1. The molecule has 0 atom stereocenters. The van der Waals surface area contributed by atoms with Crippen LogP contribution in [0.3, 0.4) is 0 Å². The van der Waals surface area contributed by atoms with Crippen molar-refractivity contribution in [2.45, 2.75) is 40.7 Å². The van der Waals surface area contributed by atoms with E-state index in [0.29, 0.717) is 11.5 Å². The van der Waals surface area contributed by atoms with Gasteiger partial charge in [-0.2, -0.15) is 5.10 Å². The molecule has 0 aliphatic heterocycles. The zero-order valence-electron chi connectivity index (χ0n) is 17.0. The number of amides is 1. The van der Waals surface area contributed by atoms with Gasteiger partial charge < -0.3 is 4.90 Å². The van der Waals surface area contributed by atoms with Gasteiger partial charge in [-0.05, 0) is 44.9 Å². The van der Waals surface area contributed by atoms with E-state index >= 15 is 0 Å². The minimum absolute atomic E-state index is 0.0270. The Morgan fingerprint density at radius 2 is 1.93 bits per heavy atom. The summed E-state index contributed by atoms with van der Waals surface area (Å²) in [5.74, 6) is 0.441. The molecule has 0 N–H and O–H groups in total. The largest absolute Gasteiger partial charge is 0.341 e. The zero-order valence-corrected chi connectivity index (χ0v) is 17.0. The van der Waals surface area contributed by atoms with E-state index in [1.54, 1.807) is 4.90 Å². The molecule has 5 nitrogen and oxygen atoms in total. The Hall–Kier alpha value is -2.69. The van der Waals surface area contributed by atoms with Gasteiger partial charge >= 0.3 is 0 Å². The van der Waals surface area contributed by atoms with Crippen molar-refractivity contribution in [2.24, 2.45) is 5.92 Å². The Morgan fingerprint density at radius 3 is 2.56 bits per heavy atom. The van der Waals surface area contributed by atoms with E-state index in [1.807, 2.05) is 55.3 Å². The molecule has 3 rings (SSSR count). The summed E-state index contributed by atoms with van der Waals surface area (Å²) >= 11 is 0. The van der Waals surface area contributed by atoms with Crippen LogP contribution < -0.4 is 0 Å². The van der Waals surface area contributed by atoms with Gasteiger partial charge in [0, 0.05) is 36.8 Å². The van der Waals surface area contributed by atoms with Gasteiger partial charge in [0.2, 0.25) is 0 Å². The van der Waals surface area contributed by atoms with Crippen LogP contribution in [0.2, 0.25) is 0 Å². The van der Waals surface area contributed by atoms with Crippen LogP contribution in [0.5, 0.6) is 0 Å². The van der Waals surface area contributed by atoms with E-state index in [4.69, 9.17) is 4.98 Å². The normalized spacial score (nSPS) is 11.6. The molecule has 3 aromatic rings. The van der Waals surface area contributed by atoms with Gasteiger partial charge in [-0.1, -0.05) is 25.5 Å². The lowest BCUT2D eigenvalue weighted by molar-refractivity contribution is 0.0781. The van der Waals surface area contributed by atoms with Crippen LogP contribution in [0, 0.1) is 12.8 Å². The van der Waals surface area contributed by atoms with Gasteiger partial charge in [0.1, 0.15) is 0 Å². The second-order valence-corrected chi connectivity index (χ2v) is 7.96. The predicted octanol–water partition coefficient (Wildman–Crippen LogP) is 4.72. The Balaban J connectivity index is 2.14. The first-order valence-corrected chi connectivity index (χ1v) is 9.47. The number of carbonyl (C=O) groups excluding carboxylic acids is 1. The van der Waals surface area contributed by atoms with Gasteiger partial charge in [0.25, 0.3) is 5.91 Å². The average Bonchev–Trinajstić information content (AvgIpc) is 3.10. The van der Waals surface area contributed by atoms with Crippen molar-refractivity contribution in [1.29, 1.82) is 0 Å². The van der Waals surface area contributed by atoms with Crippen LogP contribution in [0.25, 0.3) is 22.2 Å².